The van der Waals surface area contributed by atoms with Gasteiger partial charge < -0.3 is 9.73 Å². The molecule has 0 unspecified atom stereocenters. The van der Waals surface area contributed by atoms with Gasteiger partial charge in [-0.05, 0) is 24.1 Å². The third-order valence-electron chi connectivity index (χ3n) is 2.30. The second-order valence-electron chi connectivity index (χ2n) is 3.50. The molecular weight excluding hydrogens is 224 g/mol. The van der Waals surface area contributed by atoms with Gasteiger partial charge in [0, 0.05) is 6.54 Å². The van der Waals surface area contributed by atoms with Crippen LogP contribution < -0.4 is 11.1 Å². The van der Waals surface area contributed by atoms with Crippen LogP contribution in [0.1, 0.15) is 5.56 Å². The maximum Gasteiger partial charge on any atom is 0.417 e. The molecule has 17 heavy (non-hydrogen) atoms. The van der Waals surface area contributed by atoms with E-state index in [0.717, 1.165) is 5.56 Å². The zero-order valence-electron chi connectivity index (χ0n) is 8.86. The molecule has 0 bridgehead atoms. The van der Waals surface area contributed by atoms with E-state index in [4.69, 9.17) is 4.42 Å². The number of rotatable bonds is 4. The van der Waals surface area contributed by atoms with Gasteiger partial charge in [-0.25, -0.2) is 4.79 Å². The summed E-state index contributed by atoms with van der Waals surface area (Å²) in [7, 11) is 0. The predicted molar refractivity (Wildman–Crippen MR) is 59.6 cm³/mol. The lowest BCUT2D eigenvalue weighted by molar-refractivity contribution is -0.131. The fourth-order valence-electron chi connectivity index (χ4n) is 1.53. The van der Waals surface area contributed by atoms with Crippen LogP contribution in [-0.2, 0) is 16.0 Å². The summed E-state index contributed by atoms with van der Waals surface area (Å²) in [6.07, 6.45) is 0.805. The first-order chi connectivity index (χ1) is 8.19. The second-order valence-corrected chi connectivity index (χ2v) is 3.50. The van der Waals surface area contributed by atoms with Crippen molar-refractivity contribution in [3.05, 3.63) is 34.3 Å². The molecule has 1 heterocycles. The Hall–Kier alpha value is -2.37. The minimum atomic E-state index is -0.636. The first kappa shape index (κ1) is 11.1. The highest BCUT2D eigenvalue weighted by molar-refractivity contribution is 6.23. The normalized spacial score (nSPS) is 10.4. The molecule has 0 fully saturated rings. The van der Waals surface area contributed by atoms with Crippen LogP contribution in [0.3, 0.4) is 0 Å². The van der Waals surface area contributed by atoms with Crippen molar-refractivity contribution in [3.63, 3.8) is 0 Å². The van der Waals surface area contributed by atoms with Gasteiger partial charge in [-0.15, -0.1) is 0 Å². The number of aldehydes is 1. The number of oxazole rings is 1. The Balaban J connectivity index is 2.06. The summed E-state index contributed by atoms with van der Waals surface area (Å²) in [5, 5.41) is 2.43. The van der Waals surface area contributed by atoms with Crippen molar-refractivity contribution < 1.29 is 14.0 Å². The summed E-state index contributed by atoms with van der Waals surface area (Å²) >= 11 is 0. The third kappa shape index (κ3) is 2.60. The Morgan fingerprint density at radius 1 is 1.47 bits per heavy atom. The van der Waals surface area contributed by atoms with Crippen molar-refractivity contribution in [3.8, 4) is 0 Å². The Morgan fingerprint density at radius 2 is 2.29 bits per heavy atom. The summed E-state index contributed by atoms with van der Waals surface area (Å²) in [6, 6.07) is 5.25. The van der Waals surface area contributed by atoms with E-state index >= 15 is 0 Å². The standard InChI is InChI=1S/C11H10N2O4/c14-6-10(15)12-4-3-7-1-2-9-8(5-7)13-11(16)17-9/h1-2,5-6H,3-4H2,(H,12,15)(H,13,16). The summed E-state index contributed by atoms with van der Waals surface area (Å²) in [4.78, 5) is 34.2. The fraction of sp³-hybridized carbons (Fsp3) is 0.182. The van der Waals surface area contributed by atoms with E-state index in [9.17, 15) is 14.4 Å². The molecule has 6 heteroatoms. The van der Waals surface area contributed by atoms with Crippen LogP contribution in [0, 0.1) is 0 Å². The van der Waals surface area contributed by atoms with Crippen LogP contribution in [0.25, 0.3) is 11.1 Å². The maximum absolute atomic E-state index is 10.9. The molecule has 1 aromatic heterocycles. The minimum Gasteiger partial charge on any atom is -0.408 e. The molecule has 0 saturated carbocycles. The number of fused-ring (bicyclic) bond motifs is 1. The number of nitrogens with one attached hydrogen (secondary N) is 2. The highest BCUT2D eigenvalue weighted by Crippen LogP contribution is 2.12. The molecule has 1 aromatic carbocycles. The van der Waals surface area contributed by atoms with Gasteiger partial charge in [0.15, 0.2) is 5.58 Å². The Bertz CT molecular complexity index is 611. The van der Waals surface area contributed by atoms with Gasteiger partial charge in [-0.3, -0.25) is 14.6 Å². The molecule has 2 N–H and O–H groups in total. The topological polar surface area (TPSA) is 92.2 Å². The minimum absolute atomic E-state index is 0.233. The number of amides is 1. The molecule has 88 valence electrons. The van der Waals surface area contributed by atoms with Crippen molar-refractivity contribution in [2.75, 3.05) is 6.54 Å². The van der Waals surface area contributed by atoms with Crippen molar-refractivity contribution in [2.24, 2.45) is 0 Å². The zero-order chi connectivity index (χ0) is 12.3. The van der Waals surface area contributed by atoms with E-state index < -0.39 is 11.7 Å². The first-order valence-electron chi connectivity index (χ1n) is 5.04. The van der Waals surface area contributed by atoms with Crippen LogP contribution >= 0.6 is 0 Å². The number of carbonyl (C=O) groups excluding carboxylic acids is 2. The number of aromatic nitrogens is 1. The van der Waals surface area contributed by atoms with Crippen molar-refractivity contribution in [1.29, 1.82) is 0 Å². The van der Waals surface area contributed by atoms with Gasteiger partial charge in [0.2, 0.25) is 6.29 Å². The van der Waals surface area contributed by atoms with E-state index in [1.54, 1.807) is 18.2 Å². The third-order valence-corrected chi connectivity index (χ3v) is 2.30. The molecule has 1 amide bonds. The number of benzene rings is 1. The smallest absolute Gasteiger partial charge is 0.408 e. The molecule has 0 aliphatic carbocycles. The number of aromatic amines is 1. The van der Waals surface area contributed by atoms with Crippen LogP contribution in [0.4, 0.5) is 0 Å². The average molecular weight is 234 g/mol. The molecule has 0 radical (unpaired) electrons. The molecule has 2 rings (SSSR count). The number of carbonyl (C=O) groups is 2. The van der Waals surface area contributed by atoms with Crippen LogP contribution in [0.2, 0.25) is 0 Å². The quantitative estimate of drug-likeness (QED) is 0.574. The molecule has 0 aliphatic heterocycles. The zero-order valence-corrected chi connectivity index (χ0v) is 8.86. The van der Waals surface area contributed by atoms with E-state index in [0.29, 0.717) is 24.1 Å². The van der Waals surface area contributed by atoms with Crippen molar-refractivity contribution in [2.45, 2.75) is 6.42 Å². The lowest BCUT2D eigenvalue weighted by Crippen LogP contribution is -2.26. The average Bonchev–Trinajstić information content (AvgIpc) is 2.68. The van der Waals surface area contributed by atoms with E-state index in [2.05, 4.69) is 10.3 Å². The summed E-state index contributed by atoms with van der Waals surface area (Å²) in [5.41, 5.74) is 2.05. The fourth-order valence-corrected chi connectivity index (χ4v) is 1.53. The van der Waals surface area contributed by atoms with Crippen LogP contribution in [0.5, 0.6) is 0 Å². The molecule has 0 atom stereocenters. The number of hydrogen-bond acceptors (Lipinski definition) is 4. The van der Waals surface area contributed by atoms with Gasteiger partial charge in [-0.2, -0.15) is 0 Å². The Labute approximate surface area is 95.6 Å². The molecule has 6 nitrogen and oxygen atoms in total. The molecule has 0 spiro atoms. The van der Waals surface area contributed by atoms with E-state index in [1.807, 2.05) is 0 Å². The highest BCUT2D eigenvalue weighted by atomic mass is 16.4. The van der Waals surface area contributed by atoms with Crippen LogP contribution in [-0.4, -0.2) is 23.7 Å². The van der Waals surface area contributed by atoms with Gasteiger partial charge in [0.05, 0.1) is 5.52 Å². The second kappa shape index (κ2) is 4.65. The van der Waals surface area contributed by atoms with Gasteiger partial charge >= 0.3 is 5.76 Å². The first-order valence-corrected chi connectivity index (χ1v) is 5.04. The lowest BCUT2D eigenvalue weighted by atomic mass is 10.1. The molecule has 2 aromatic rings. The monoisotopic (exact) mass is 234 g/mol. The number of H-pyrrole nitrogens is 1. The summed E-state index contributed by atoms with van der Waals surface area (Å²) in [5.74, 6) is -1.13. The largest absolute Gasteiger partial charge is 0.417 e. The van der Waals surface area contributed by atoms with Gasteiger partial charge in [-0.1, -0.05) is 6.07 Å². The van der Waals surface area contributed by atoms with E-state index in [1.165, 1.54) is 0 Å². The molecule has 0 saturated heterocycles. The summed E-state index contributed by atoms with van der Waals surface area (Å²) in [6.45, 7) is 0.366. The Kier molecular flexibility index (Phi) is 3.04. The lowest BCUT2D eigenvalue weighted by Gasteiger charge is -2.01. The number of hydrogen-bond donors (Lipinski definition) is 2. The van der Waals surface area contributed by atoms with Crippen molar-refractivity contribution >= 4 is 23.3 Å². The van der Waals surface area contributed by atoms with Crippen LogP contribution in [0.15, 0.2) is 27.4 Å². The maximum atomic E-state index is 10.9. The van der Waals surface area contributed by atoms with Gasteiger partial charge in [0.25, 0.3) is 5.91 Å². The molecule has 0 aliphatic rings. The van der Waals surface area contributed by atoms with Crippen molar-refractivity contribution in [1.82, 2.24) is 10.3 Å². The summed E-state index contributed by atoms with van der Waals surface area (Å²) < 4.78 is 4.86. The SMILES string of the molecule is O=CC(=O)NCCc1ccc2oc(=O)[nH]c2c1. The predicted octanol–water partition coefficient (Wildman–Crippen LogP) is -0.0213. The highest BCUT2D eigenvalue weighted by Gasteiger charge is 2.02. The Morgan fingerprint density at radius 3 is 3.06 bits per heavy atom. The molecular formula is C11H10N2O4. The van der Waals surface area contributed by atoms with E-state index in [-0.39, 0.29) is 6.29 Å². The van der Waals surface area contributed by atoms with Gasteiger partial charge in [0.1, 0.15) is 0 Å².